The van der Waals surface area contributed by atoms with E-state index in [1.54, 1.807) is 0 Å². The van der Waals surface area contributed by atoms with Crippen LogP contribution in [0.15, 0.2) is 6.33 Å². The van der Waals surface area contributed by atoms with E-state index in [-0.39, 0.29) is 0 Å². The molecule has 62 valence electrons. The van der Waals surface area contributed by atoms with Gasteiger partial charge in [-0.25, -0.2) is 4.98 Å². The van der Waals surface area contributed by atoms with Crippen molar-refractivity contribution in [2.24, 2.45) is 0 Å². The van der Waals surface area contributed by atoms with E-state index in [0.29, 0.717) is 11.6 Å². The van der Waals surface area contributed by atoms with Gasteiger partial charge in [-0.3, -0.25) is 0 Å². The Kier molecular flexibility index (Phi) is 1.63. The molecule has 0 fully saturated rings. The van der Waals surface area contributed by atoms with Gasteiger partial charge in [-0.1, -0.05) is 0 Å². The molecule has 2 heterocycles. The van der Waals surface area contributed by atoms with Gasteiger partial charge >= 0.3 is 0 Å². The minimum atomic E-state index is 0.547. The number of nitrogen functional groups attached to an aromatic ring is 1. The standard InChI is InChI=1S/C6H6IN5/c1-3-4(7)5(8)12-6(11-3)9-2-10-12/h2H,8H2,1H3. The Balaban J connectivity index is 2.94. The van der Waals surface area contributed by atoms with E-state index >= 15 is 0 Å². The van der Waals surface area contributed by atoms with Crippen LogP contribution in [0.3, 0.4) is 0 Å². The van der Waals surface area contributed by atoms with Crippen LogP contribution >= 0.6 is 22.6 Å². The second-order valence-corrected chi connectivity index (χ2v) is 3.45. The van der Waals surface area contributed by atoms with Crippen LogP contribution in [-0.2, 0) is 0 Å². The maximum atomic E-state index is 5.78. The summed E-state index contributed by atoms with van der Waals surface area (Å²) in [4.78, 5) is 8.14. The summed E-state index contributed by atoms with van der Waals surface area (Å²) >= 11 is 2.14. The highest BCUT2D eigenvalue weighted by Gasteiger charge is 2.07. The summed E-state index contributed by atoms with van der Waals surface area (Å²) in [6.07, 6.45) is 1.44. The first-order valence-electron chi connectivity index (χ1n) is 3.31. The molecule has 0 amide bonds. The summed E-state index contributed by atoms with van der Waals surface area (Å²) in [5, 5.41) is 3.93. The zero-order chi connectivity index (χ0) is 8.72. The van der Waals surface area contributed by atoms with Crippen molar-refractivity contribution in [3.8, 4) is 0 Å². The predicted molar refractivity (Wildman–Crippen MR) is 52.6 cm³/mol. The van der Waals surface area contributed by atoms with Gasteiger partial charge in [-0.15, -0.1) is 0 Å². The first-order chi connectivity index (χ1) is 5.70. The van der Waals surface area contributed by atoms with Gasteiger partial charge in [0.15, 0.2) is 0 Å². The second-order valence-electron chi connectivity index (χ2n) is 2.37. The lowest BCUT2D eigenvalue weighted by atomic mass is 10.4. The van der Waals surface area contributed by atoms with Crippen LogP contribution in [0.1, 0.15) is 5.69 Å². The molecule has 0 atom stereocenters. The van der Waals surface area contributed by atoms with Crippen LogP contribution in [0, 0.1) is 10.5 Å². The summed E-state index contributed by atoms with van der Waals surface area (Å²) < 4.78 is 2.44. The lowest BCUT2D eigenvalue weighted by Gasteiger charge is -2.02. The Bertz CT molecular complexity index is 435. The van der Waals surface area contributed by atoms with Gasteiger partial charge in [0.25, 0.3) is 5.78 Å². The molecule has 2 aromatic heterocycles. The number of nitrogens with zero attached hydrogens (tertiary/aromatic N) is 4. The van der Waals surface area contributed by atoms with Crippen molar-refractivity contribution in [3.05, 3.63) is 15.6 Å². The molecule has 12 heavy (non-hydrogen) atoms. The summed E-state index contributed by atoms with van der Waals surface area (Å²) in [5.41, 5.74) is 6.66. The van der Waals surface area contributed by atoms with Gasteiger partial charge in [-0.2, -0.15) is 14.6 Å². The molecule has 0 aliphatic rings. The quantitative estimate of drug-likeness (QED) is 0.715. The summed E-state index contributed by atoms with van der Waals surface area (Å²) in [6.45, 7) is 1.90. The first kappa shape index (κ1) is 7.71. The molecule has 0 aromatic carbocycles. The monoisotopic (exact) mass is 275 g/mol. The van der Waals surface area contributed by atoms with Crippen molar-refractivity contribution >= 4 is 34.2 Å². The van der Waals surface area contributed by atoms with Gasteiger partial charge < -0.3 is 5.73 Å². The molecule has 0 saturated carbocycles. The third-order valence-corrected chi connectivity index (χ3v) is 2.90. The van der Waals surface area contributed by atoms with E-state index in [9.17, 15) is 0 Å². The number of nitrogens with two attached hydrogens (primary N) is 1. The summed E-state index contributed by atoms with van der Waals surface area (Å²) in [5.74, 6) is 1.14. The van der Waals surface area contributed by atoms with Crippen LogP contribution in [-0.4, -0.2) is 19.6 Å². The highest BCUT2D eigenvalue weighted by atomic mass is 127. The van der Waals surface area contributed by atoms with Gasteiger partial charge in [0, 0.05) is 0 Å². The molecular formula is C6H6IN5. The maximum Gasteiger partial charge on any atom is 0.254 e. The fraction of sp³-hybridized carbons (Fsp3) is 0.167. The molecule has 2 N–H and O–H groups in total. The van der Waals surface area contributed by atoms with Crippen LogP contribution < -0.4 is 5.73 Å². The van der Waals surface area contributed by atoms with E-state index in [1.165, 1.54) is 10.8 Å². The zero-order valence-corrected chi connectivity index (χ0v) is 8.48. The summed E-state index contributed by atoms with van der Waals surface area (Å²) in [6, 6.07) is 0. The highest BCUT2D eigenvalue weighted by Crippen LogP contribution is 2.16. The molecule has 5 nitrogen and oxygen atoms in total. The van der Waals surface area contributed by atoms with Crippen molar-refractivity contribution in [2.45, 2.75) is 6.92 Å². The van der Waals surface area contributed by atoms with Gasteiger partial charge in [-0.05, 0) is 29.5 Å². The number of fused-ring (bicyclic) bond motifs is 1. The van der Waals surface area contributed by atoms with Crippen LogP contribution in [0.5, 0.6) is 0 Å². The van der Waals surface area contributed by atoms with Crippen LogP contribution in [0.25, 0.3) is 5.78 Å². The molecule has 0 spiro atoms. The molecule has 0 aliphatic heterocycles. The van der Waals surface area contributed by atoms with Crippen molar-refractivity contribution < 1.29 is 0 Å². The largest absolute Gasteiger partial charge is 0.383 e. The van der Waals surface area contributed by atoms with E-state index in [1.807, 2.05) is 6.92 Å². The number of aryl methyl sites for hydroxylation is 1. The van der Waals surface area contributed by atoms with Crippen molar-refractivity contribution in [1.29, 1.82) is 0 Å². The fourth-order valence-electron chi connectivity index (χ4n) is 0.959. The molecule has 0 unspecified atom stereocenters. The average Bonchev–Trinajstić information content (AvgIpc) is 2.48. The number of halogens is 1. The number of aromatic nitrogens is 4. The Morgan fingerprint density at radius 2 is 2.33 bits per heavy atom. The molecule has 0 bridgehead atoms. The van der Waals surface area contributed by atoms with Crippen molar-refractivity contribution in [3.63, 3.8) is 0 Å². The normalized spacial score (nSPS) is 10.8. The maximum absolute atomic E-state index is 5.78. The smallest absolute Gasteiger partial charge is 0.254 e. The minimum absolute atomic E-state index is 0.547. The molecular weight excluding hydrogens is 269 g/mol. The van der Waals surface area contributed by atoms with Gasteiger partial charge in [0.05, 0.1) is 9.26 Å². The van der Waals surface area contributed by atoms with Crippen molar-refractivity contribution in [1.82, 2.24) is 19.6 Å². The van der Waals surface area contributed by atoms with Gasteiger partial charge in [0.1, 0.15) is 12.1 Å². The lowest BCUT2D eigenvalue weighted by molar-refractivity contribution is 0.934. The minimum Gasteiger partial charge on any atom is -0.383 e. The van der Waals surface area contributed by atoms with Crippen LogP contribution in [0.4, 0.5) is 5.82 Å². The van der Waals surface area contributed by atoms with E-state index in [2.05, 4.69) is 37.7 Å². The van der Waals surface area contributed by atoms with Gasteiger partial charge in [0.2, 0.25) is 0 Å². The predicted octanol–water partition coefficient (Wildman–Crippen LogP) is 0.620. The first-order valence-corrected chi connectivity index (χ1v) is 4.39. The third kappa shape index (κ3) is 0.942. The van der Waals surface area contributed by atoms with E-state index < -0.39 is 0 Å². The van der Waals surface area contributed by atoms with E-state index in [4.69, 9.17) is 5.73 Å². The lowest BCUT2D eigenvalue weighted by Crippen LogP contribution is -2.05. The number of hydrogen-bond acceptors (Lipinski definition) is 4. The summed E-state index contributed by atoms with van der Waals surface area (Å²) in [7, 11) is 0. The zero-order valence-electron chi connectivity index (χ0n) is 6.32. The van der Waals surface area contributed by atoms with Crippen LogP contribution in [0.2, 0.25) is 0 Å². The number of anilines is 1. The fourth-order valence-corrected chi connectivity index (χ4v) is 1.31. The average molecular weight is 275 g/mol. The Morgan fingerprint density at radius 1 is 1.58 bits per heavy atom. The highest BCUT2D eigenvalue weighted by molar-refractivity contribution is 14.1. The molecule has 0 aliphatic carbocycles. The molecule has 0 saturated heterocycles. The SMILES string of the molecule is Cc1nc2ncnn2c(N)c1I. The third-order valence-electron chi connectivity index (χ3n) is 1.57. The van der Waals surface area contributed by atoms with Crippen molar-refractivity contribution in [2.75, 3.05) is 5.73 Å². The Morgan fingerprint density at radius 3 is 3.08 bits per heavy atom. The second kappa shape index (κ2) is 2.54. The van der Waals surface area contributed by atoms with E-state index in [0.717, 1.165) is 9.26 Å². The topological polar surface area (TPSA) is 69.1 Å². The molecule has 2 rings (SSSR count). The number of hydrogen-bond donors (Lipinski definition) is 1. The molecule has 6 heteroatoms. The number of rotatable bonds is 0. The Hall–Kier alpha value is -0.920. The molecule has 2 aromatic rings. The molecule has 0 radical (unpaired) electrons. The Labute approximate surface area is 82.1 Å².